The standard InChI is InChI=1S/C16H19NO3S/c1-3-13(18)17-14-5-4-12(21-14)8-16-7-10(2)6-11(16)9-20-15(16)19/h4-5,11H,2-3,6-9H2,1H3,(H,17,18). The molecule has 1 N–H and O–H groups in total. The SMILES string of the molecule is C=C1CC2COC(=O)C2(Cc2ccc(NC(=O)CC)s2)C1. The van der Waals surface area contributed by atoms with Crippen LogP contribution in [0.1, 0.15) is 31.1 Å². The largest absolute Gasteiger partial charge is 0.465 e. The van der Waals surface area contributed by atoms with Gasteiger partial charge in [0.05, 0.1) is 17.0 Å². The minimum absolute atomic E-state index is 0.00830. The van der Waals surface area contributed by atoms with Crippen molar-refractivity contribution in [3.05, 3.63) is 29.2 Å². The number of ether oxygens (including phenoxy) is 1. The number of hydrogen-bond acceptors (Lipinski definition) is 4. The number of anilines is 1. The summed E-state index contributed by atoms with van der Waals surface area (Å²) in [5.74, 6) is 0.181. The fourth-order valence-corrected chi connectivity index (χ4v) is 4.39. The Hall–Kier alpha value is -1.62. The van der Waals surface area contributed by atoms with Gasteiger partial charge in [-0.15, -0.1) is 11.3 Å². The van der Waals surface area contributed by atoms with E-state index in [0.29, 0.717) is 19.4 Å². The van der Waals surface area contributed by atoms with Crippen LogP contribution in [0.4, 0.5) is 5.00 Å². The molecule has 1 aromatic rings. The maximum Gasteiger partial charge on any atom is 0.313 e. The molecule has 2 atom stereocenters. The van der Waals surface area contributed by atoms with Gasteiger partial charge in [0, 0.05) is 17.2 Å². The molecule has 0 bridgehead atoms. The maximum absolute atomic E-state index is 12.2. The number of esters is 1. The van der Waals surface area contributed by atoms with Gasteiger partial charge in [-0.3, -0.25) is 9.59 Å². The van der Waals surface area contributed by atoms with Crippen LogP contribution in [0, 0.1) is 11.3 Å². The highest BCUT2D eigenvalue weighted by atomic mass is 32.1. The fraction of sp³-hybridized carbons (Fsp3) is 0.500. The minimum Gasteiger partial charge on any atom is -0.465 e. The molecule has 2 fully saturated rings. The molecule has 112 valence electrons. The number of fused-ring (bicyclic) bond motifs is 1. The highest BCUT2D eigenvalue weighted by Crippen LogP contribution is 2.53. The normalized spacial score (nSPS) is 27.6. The zero-order valence-electron chi connectivity index (χ0n) is 12.1. The average Bonchev–Trinajstić information content (AvgIpc) is 3.08. The first-order valence-electron chi connectivity index (χ1n) is 7.26. The molecular formula is C16H19NO3S. The van der Waals surface area contributed by atoms with E-state index in [1.54, 1.807) is 11.3 Å². The lowest BCUT2D eigenvalue weighted by molar-refractivity contribution is -0.146. The van der Waals surface area contributed by atoms with Gasteiger partial charge < -0.3 is 10.1 Å². The summed E-state index contributed by atoms with van der Waals surface area (Å²) >= 11 is 1.54. The van der Waals surface area contributed by atoms with Crippen molar-refractivity contribution in [2.75, 3.05) is 11.9 Å². The third kappa shape index (κ3) is 2.50. The van der Waals surface area contributed by atoms with Gasteiger partial charge in [0.25, 0.3) is 0 Å². The first kappa shape index (κ1) is 14.3. The van der Waals surface area contributed by atoms with Crippen molar-refractivity contribution in [1.82, 2.24) is 0 Å². The third-order valence-corrected chi connectivity index (χ3v) is 5.44. The average molecular weight is 305 g/mol. The summed E-state index contributed by atoms with van der Waals surface area (Å²) < 4.78 is 5.29. The minimum atomic E-state index is -0.423. The molecule has 2 heterocycles. The molecule has 1 aromatic heterocycles. The summed E-state index contributed by atoms with van der Waals surface area (Å²) in [5.41, 5.74) is 0.723. The highest BCUT2D eigenvalue weighted by Gasteiger charge is 2.56. The fourth-order valence-electron chi connectivity index (χ4n) is 3.34. The number of carbonyl (C=O) groups is 2. The van der Waals surface area contributed by atoms with Crippen molar-refractivity contribution in [2.24, 2.45) is 11.3 Å². The van der Waals surface area contributed by atoms with Crippen LogP contribution in [0.3, 0.4) is 0 Å². The molecule has 1 saturated carbocycles. The van der Waals surface area contributed by atoms with Crippen molar-refractivity contribution in [2.45, 2.75) is 32.6 Å². The molecule has 21 heavy (non-hydrogen) atoms. The summed E-state index contributed by atoms with van der Waals surface area (Å²) in [6, 6.07) is 3.90. The molecular weight excluding hydrogens is 286 g/mol. The van der Waals surface area contributed by atoms with Gasteiger partial charge in [-0.1, -0.05) is 19.1 Å². The number of rotatable bonds is 4. The topological polar surface area (TPSA) is 55.4 Å². The number of nitrogens with one attached hydrogen (secondary N) is 1. The van der Waals surface area contributed by atoms with E-state index in [-0.39, 0.29) is 17.8 Å². The smallest absolute Gasteiger partial charge is 0.313 e. The molecule has 4 nitrogen and oxygen atoms in total. The lowest BCUT2D eigenvalue weighted by Gasteiger charge is -2.22. The van der Waals surface area contributed by atoms with Crippen LogP contribution in [0.15, 0.2) is 24.3 Å². The van der Waals surface area contributed by atoms with Crippen LogP contribution in [-0.2, 0) is 20.7 Å². The maximum atomic E-state index is 12.2. The number of amides is 1. The Morgan fingerprint density at radius 1 is 1.57 bits per heavy atom. The van der Waals surface area contributed by atoms with Crippen LogP contribution in [-0.4, -0.2) is 18.5 Å². The van der Waals surface area contributed by atoms with Gasteiger partial charge in [0.2, 0.25) is 5.91 Å². The first-order chi connectivity index (χ1) is 10.0. The third-order valence-electron chi connectivity index (χ3n) is 4.44. The van der Waals surface area contributed by atoms with Crippen LogP contribution in [0.25, 0.3) is 0 Å². The molecule has 1 saturated heterocycles. The second kappa shape index (κ2) is 5.30. The second-order valence-corrected chi connectivity index (χ2v) is 7.10. The number of cyclic esters (lactones) is 1. The van der Waals surface area contributed by atoms with E-state index in [0.717, 1.165) is 28.3 Å². The van der Waals surface area contributed by atoms with Gasteiger partial charge >= 0.3 is 5.97 Å². The summed E-state index contributed by atoms with van der Waals surface area (Å²) in [4.78, 5) is 24.8. The molecule has 5 heteroatoms. The van der Waals surface area contributed by atoms with Crippen LogP contribution < -0.4 is 5.32 Å². The summed E-state index contributed by atoms with van der Waals surface area (Å²) in [6.45, 7) is 6.39. The van der Waals surface area contributed by atoms with Gasteiger partial charge in [-0.2, -0.15) is 0 Å². The van der Waals surface area contributed by atoms with E-state index in [1.165, 1.54) is 0 Å². The Balaban J connectivity index is 1.78. The second-order valence-electron chi connectivity index (χ2n) is 5.93. The van der Waals surface area contributed by atoms with Crippen LogP contribution in [0.2, 0.25) is 0 Å². The van der Waals surface area contributed by atoms with E-state index < -0.39 is 5.41 Å². The Morgan fingerprint density at radius 2 is 2.38 bits per heavy atom. The summed E-state index contributed by atoms with van der Waals surface area (Å²) in [5, 5.41) is 3.70. The number of carbonyl (C=O) groups excluding carboxylic acids is 2. The number of thiophene rings is 1. The lowest BCUT2D eigenvalue weighted by atomic mass is 9.77. The predicted octanol–water partition coefficient (Wildman–Crippen LogP) is 3.15. The molecule has 1 aliphatic heterocycles. The Morgan fingerprint density at radius 3 is 3.14 bits per heavy atom. The molecule has 2 unspecified atom stereocenters. The Labute approximate surface area is 128 Å². The monoisotopic (exact) mass is 305 g/mol. The Bertz CT molecular complexity index is 606. The molecule has 2 aliphatic rings. The zero-order chi connectivity index (χ0) is 15.0. The van der Waals surface area contributed by atoms with Gasteiger partial charge in [0.1, 0.15) is 0 Å². The molecule has 0 aromatic carbocycles. The van der Waals surface area contributed by atoms with Gasteiger partial charge in [-0.05, 0) is 31.4 Å². The molecule has 0 radical (unpaired) electrons. The lowest BCUT2D eigenvalue weighted by Crippen LogP contribution is -2.31. The van der Waals surface area contributed by atoms with Crippen molar-refractivity contribution >= 4 is 28.2 Å². The van der Waals surface area contributed by atoms with Gasteiger partial charge in [0.15, 0.2) is 0 Å². The highest BCUT2D eigenvalue weighted by molar-refractivity contribution is 7.16. The van der Waals surface area contributed by atoms with E-state index in [4.69, 9.17) is 4.74 Å². The van der Waals surface area contributed by atoms with E-state index in [9.17, 15) is 9.59 Å². The van der Waals surface area contributed by atoms with Crippen molar-refractivity contribution in [3.63, 3.8) is 0 Å². The molecule has 3 rings (SSSR count). The Kier molecular flexibility index (Phi) is 3.61. The van der Waals surface area contributed by atoms with Crippen molar-refractivity contribution < 1.29 is 14.3 Å². The summed E-state index contributed by atoms with van der Waals surface area (Å²) in [6.07, 6.45) is 2.76. The predicted molar refractivity (Wildman–Crippen MR) is 82.2 cm³/mol. The first-order valence-corrected chi connectivity index (χ1v) is 8.07. The van der Waals surface area contributed by atoms with Crippen molar-refractivity contribution in [1.29, 1.82) is 0 Å². The molecule has 1 aliphatic carbocycles. The molecule has 1 amide bonds. The van der Waals surface area contributed by atoms with E-state index in [1.807, 2.05) is 19.1 Å². The summed E-state index contributed by atoms with van der Waals surface area (Å²) in [7, 11) is 0. The van der Waals surface area contributed by atoms with E-state index in [2.05, 4.69) is 11.9 Å². The molecule has 0 spiro atoms. The number of hydrogen-bond donors (Lipinski definition) is 1. The quantitative estimate of drug-likeness (QED) is 0.687. The van der Waals surface area contributed by atoms with Crippen LogP contribution in [0.5, 0.6) is 0 Å². The number of allylic oxidation sites excluding steroid dienone is 1. The van der Waals surface area contributed by atoms with Gasteiger partial charge in [-0.25, -0.2) is 0 Å². The van der Waals surface area contributed by atoms with Crippen LogP contribution >= 0.6 is 11.3 Å². The van der Waals surface area contributed by atoms with E-state index >= 15 is 0 Å². The van der Waals surface area contributed by atoms with Crippen molar-refractivity contribution in [3.8, 4) is 0 Å². The zero-order valence-corrected chi connectivity index (χ0v) is 12.9.